The quantitative estimate of drug-likeness (QED) is 0.216. The minimum Gasteiger partial charge on any atom is -0.772 e. The van der Waals surface area contributed by atoms with Gasteiger partial charge >= 0.3 is 0 Å². The number of anilines is 1. The van der Waals surface area contributed by atoms with Gasteiger partial charge in [0.1, 0.15) is 5.82 Å². The normalized spacial score (nSPS) is 17.6. The van der Waals surface area contributed by atoms with Crippen LogP contribution in [0.4, 0.5) is 10.2 Å². The third kappa shape index (κ3) is 4.00. The topological polar surface area (TPSA) is 136 Å². The predicted octanol–water partition coefficient (Wildman–Crippen LogP) is 0.913. The maximum atomic E-state index is 13.3. The smallest absolute Gasteiger partial charge is 0.202 e. The van der Waals surface area contributed by atoms with Crippen LogP contribution in [0, 0.1) is 5.82 Å². The van der Waals surface area contributed by atoms with E-state index in [-0.39, 0.29) is 35.0 Å². The van der Waals surface area contributed by atoms with Crippen LogP contribution in [-0.4, -0.2) is 42.4 Å². The summed E-state index contributed by atoms with van der Waals surface area (Å²) in [6.45, 7) is 0.325. The Kier molecular flexibility index (Phi) is 5.36. The van der Waals surface area contributed by atoms with Crippen LogP contribution >= 0.6 is 0 Å². The van der Waals surface area contributed by atoms with E-state index in [2.05, 4.69) is 25.3 Å². The maximum absolute atomic E-state index is 13.3. The van der Waals surface area contributed by atoms with E-state index < -0.39 is 11.1 Å². The van der Waals surface area contributed by atoms with Crippen LogP contribution in [0.15, 0.2) is 27.8 Å². The van der Waals surface area contributed by atoms with Crippen molar-refractivity contribution in [1.82, 2.24) is 15.8 Å². The lowest BCUT2D eigenvalue weighted by Crippen LogP contribution is -2.26. The van der Waals surface area contributed by atoms with E-state index in [1.54, 1.807) is 6.07 Å². The molecule has 134 valence electrons. The van der Waals surface area contributed by atoms with Crippen LogP contribution < -0.4 is 10.8 Å². The Morgan fingerprint density at radius 2 is 2.36 bits per heavy atom. The summed E-state index contributed by atoms with van der Waals surface area (Å²) in [4.78, 5) is 4.33. The van der Waals surface area contributed by atoms with Crippen molar-refractivity contribution >= 4 is 22.7 Å². The van der Waals surface area contributed by atoms with Gasteiger partial charge in [0.2, 0.25) is 5.82 Å². The number of fused-ring (bicyclic) bond motifs is 1. The second kappa shape index (κ2) is 7.68. The van der Waals surface area contributed by atoms with Gasteiger partial charge in [-0.2, -0.15) is 0 Å². The summed E-state index contributed by atoms with van der Waals surface area (Å²) in [5, 5.41) is 19.6. The zero-order valence-corrected chi connectivity index (χ0v) is 13.8. The number of benzene rings is 1. The number of hydroxylamine groups is 1. The number of amidine groups is 1. The van der Waals surface area contributed by atoms with Crippen molar-refractivity contribution in [2.45, 2.75) is 18.9 Å². The zero-order chi connectivity index (χ0) is 17.8. The van der Waals surface area contributed by atoms with Crippen molar-refractivity contribution in [2.75, 3.05) is 17.6 Å². The van der Waals surface area contributed by atoms with Gasteiger partial charge in [0, 0.05) is 12.3 Å². The number of hydrogen-bond donors (Lipinski definition) is 3. The molecule has 0 bridgehead atoms. The average molecular weight is 368 g/mol. The van der Waals surface area contributed by atoms with Gasteiger partial charge < -0.3 is 9.87 Å². The van der Waals surface area contributed by atoms with Crippen molar-refractivity contribution < 1.29 is 23.0 Å². The fourth-order valence-corrected chi connectivity index (χ4v) is 2.90. The molecule has 0 saturated heterocycles. The monoisotopic (exact) mass is 368 g/mol. The van der Waals surface area contributed by atoms with Crippen molar-refractivity contribution in [3.8, 4) is 0 Å². The lowest BCUT2D eigenvalue weighted by molar-refractivity contribution is 0.232. The molecule has 2 atom stereocenters. The molecule has 25 heavy (non-hydrogen) atoms. The summed E-state index contributed by atoms with van der Waals surface area (Å²) < 4.78 is 39.0. The summed E-state index contributed by atoms with van der Waals surface area (Å²) in [5.74, 6) is -0.0951. The van der Waals surface area contributed by atoms with Gasteiger partial charge in [0.05, 0.1) is 6.04 Å². The Labute approximate surface area is 144 Å². The number of hydrogen-bond acceptors (Lipinski definition) is 8. The lowest BCUT2D eigenvalue weighted by atomic mass is 9.83. The van der Waals surface area contributed by atoms with Crippen LogP contribution in [0.25, 0.3) is 0 Å². The first-order valence-corrected chi connectivity index (χ1v) is 8.71. The lowest BCUT2D eigenvalue weighted by Gasteiger charge is -2.27. The largest absolute Gasteiger partial charge is 0.772 e. The second-order valence-electron chi connectivity index (χ2n) is 5.40. The third-order valence-electron chi connectivity index (χ3n) is 3.76. The molecular formula is C14H15FN5O4S-. The van der Waals surface area contributed by atoms with Gasteiger partial charge in [0.25, 0.3) is 0 Å². The van der Waals surface area contributed by atoms with Crippen LogP contribution in [0.3, 0.4) is 0 Å². The maximum Gasteiger partial charge on any atom is 0.202 e. The van der Waals surface area contributed by atoms with E-state index in [9.17, 15) is 18.4 Å². The highest BCUT2D eigenvalue weighted by atomic mass is 32.2. The highest BCUT2D eigenvalue weighted by molar-refractivity contribution is 7.79. The van der Waals surface area contributed by atoms with Crippen molar-refractivity contribution in [3.63, 3.8) is 0 Å². The van der Waals surface area contributed by atoms with E-state index in [4.69, 9.17) is 0 Å². The minimum absolute atomic E-state index is 0.0111. The second-order valence-corrected chi connectivity index (χ2v) is 6.42. The Morgan fingerprint density at radius 1 is 1.52 bits per heavy atom. The fourth-order valence-electron chi connectivity index (χ4n) is 2.52. The summed E-state index contributed by atoms with van der Waals surface area (Å²) in [7, 11) is 0. The van der Waals surface area contributed by atoms with Crippen LogP contribution in [-0.2, 0) is 17.5 Å². The average Bonchev–Trinajstić information content (AvgIpc) is 3.03. The molecule has 0 spiro atoms. The van der Waals surface area contributed by atoms with Crippen molar-refractivity contribution in [2.24, 2.45) is 4.99 Å². The Balaban J connectivity index is 1.72. The molecule has 0 radical (unpaired) electrons. The van der Waals surface area contributed by atoms with Crippen LogP contribution in [0.5, 0.6) is 0 Å². The molecule has 3 rings (SSSR count). The molecule has 0 saturated carbocycles. The summed E-state index contributed by atoms with van der Waals surface area (Å²) in [6.07, 6.45) is 0.987. The summed E-state index contributed by atoms with van der Waals surface area (Å²) >= 11 is -2.11. The van der Waals surface area contributed by atoms with E-state index >= 15 is 0 Å². The third-order valence-corrected chi connectivity index (χ3v) is 4.39. The molecule has 1 aromatic carbocycles. The molecule has 0 fully saturated rings. The Hall–Kier alpha value is -2.37. The number of aliphatic imine (C=N–C) groups is 1. The first-order valence-electron chi connectivity index (χ1n) is 7.47. The van der Waals surface area contributed by atoms with E-state index in [1.807, 2.05) is 5.48 Å². The van der Waals surface area contributed by atoms with Crippen molar-refractivity contribution in [3.05, 3.63) is 40.8 Å². The molecular weight excluding hydrogens is 353 g/mol. The van der Waals surface area contributed by atoms with Gasteiger partial charge in [-0.25, -0.2) is 9.02 Å². The number of nitrogens with one attached hydrogen (secondary N) is 2. The highest BCUT2D eigenvalue weighted by Crippen LogP contribution is 2.36. The molecule has 3 N–H and O–H groups in total. The van der Waals surface area contributed by atoms with Gasteiger partial charge in [-0.3, -0.25) is 19.9 Å². The molecule has 2 aromatic rings. The first-order chi connectivity index (χ1) is 12.1. The SMILES string of the molecule is O=S([O-])CCCNc1nonc1C(=NC1Cc2ccc(F)cc21)NO. The van der Waals surface area contributed by atoms with Crippen LogP contribution in [0.1, 0.15) is 29.3 Å². The summed E-state index contributed by atoms with van der Waals surface area (Å²) in [6, 6.07) is 4.19. The van der Waals surface area contributed by atoms with Gasteiger partial charge in [-0.1, -0.05) is 17.1 Å². The molecule has 0 amide bonds. The molecule has 9 nitrogen and oxygen atoms in total. The molecule has 1 aliphatic carbocycles. The molecule has 1 aliphatic rings. The molecule has 11 heteroatoms. The molecule has 1 heterocycles. The molecule has 1 aromatic heterocycles. The number of aromatic nitrogens is 2. The van der Waals surface area contributed by atoms with E-state index in [0.29, 0.717) is 19.4 Å². The Bertz CT molecular complexity index is 812. The van der Waals surface area contributed by atoms with Crippen molar-refractivity contribution in [1.29, 1.82) is 0 Å². The number of rotatable bonds is 7. The van der Waals surface area contributed by atoms with E-state index in [0.717, 1.165) is 11.1 Å². The van der Waals surface area contributed by atoms with Gasteiger partial charge in [-0.15, -0.1) is 0 Å². The van der Waals surface area contributed by atoms with Gasteiger partial charge in [-0.05, 0) is 46.4 Å². The highest BCUT2D eigenvalue weighted by Gasteiger charge is 2.28. The standard InChI is InChI=1S/C14H16FN5O4S/c15-9-3-2-8-6-11(10(8)7-9)17-14(18-21)12-13(20-24-19-12)16-4-1-5-25(22)23/h2-3,7,11,21H,1,4-6H2,(H,16,20)(H,17,18)(H,22,23)/p-1. The summed E-state index contributed by atoms with van der Waals surface area (Å²) in [5.41, 5.74) is 3.84. The minimum atomic E-state index is -2.11. The number of halogens is 1. The molecule has 0 aliphatic heterocycles. The van der Waals surface area contributed by atoms with Crippen LogP contribution in [0.2, 0.25) is 0 Å². The fraction of sp³-hybridized carbons (Fsp3) is 0.357. The first kappa shape index (κ1) is 17.5. The Morgan fingerprint density at radius 3 is 3.12 bits per heavy atom. The molecule has 2 unspecified atom stereocenters. The van der Waals surface area contributed by atoms with E-state index in [1.165, 1.54) is 12.1 Å². The number of nitrogens with zero attached hydrogens (tertiary/aromatic N) is 3. The zero-order valence-electron chi connectivity index (χ0n) is 12.9. The predicted molar refractivity (Wildman–Crippen MR) is 85.5 cm³/mol. The van der Waals surface area contributed by atoms with Gasteiger partial charge in [0.15, 0.2) is 11.5 Å².